The van der Waals surface area contributed by atoms with E-state index in [0.717, 1.165) is 0 Å². The monoisotopic (exact) mass is 300 g/mol. The number of amides is 1. The second-order valence-corrected chi connectivity index (χ2v) is 5.46. The van der Waals surface area contributed by atoms with Crippen LogP contribution in [0.5, 0.6) is 0 Å². The molecule has 21 heavy (non-hydrogen) atoms. The van der Waals surface area contributed by atoms with Gasteiger partial charge in [-0.3, -0.25) is 9.59 Å². The second-order valence-electron chi connectivity index (χ2n) is 4.52. The van der Waals surface area contributed by atoms with E-state index < -0.39 is 11.2 Å². The smallest absolute Gasteiger partial charge is 0.235 e. The number of ketones is 1. The Morgan fingerprint density at radius 1 is 1.05 bits per heavy atom. The fourth-order valence-electron chi connectivity index (χ4n) is 2.15. The van der Waals surface area contributed by atoms with Crippen LogP contribution in [0.1, 0.15) is 26.7 Å². The fraction of sp³-hybridized carbons (Fsp3) is 0.125. The summed E-state index contributed by atoms with van der Waals surface area (Å²) in [6.45, 7) is 0. The number of benzene rings is 2. The van der Waals surface area contributed by atoms with E-state index >= 15 is 0 Å². The lowest BCUT2D eigenvalue weighted by molar-refractivity contribution is -0.117. The number of nitrogens with two attached hydrogens (primary N) is 2. The van der Waals surface area contributed by atoms with Gasteiger partial charge in [-0.1, -0.05) is 42.5 Å². The Bertz CT molecular complexity index is 671. The molecule has 108 valence electrons. The minimum absolute atomic E-state index is 0.167. The highest BCUT2D eigenvalue weighted by atomic mass is 32.2. The Morgan fingerprint density at radius 2 is 1.71 bits per heavy atom. The van der Waals surface area contributed by atoms with Crippen LogP contribution in [0.25, 0.3) is 0 Å². The highest BCUT2D eigenvalue weighted by molar-refractivity contribution is 7.99. The van der Waals surface area contributed by atoms with Crippen molar-refractivity contribution in [3.8, 4) is 0 Å². The molecule has 0 fully saturated rings. The summed E-state index contributed by atoms with van der Waals surface area (Å²) in [5, 5.41) is -0.562. The minimum atomic E-state index is -0.562. The Labute approximate surface area is 127 Å². The predicted octanol–water partition coefficient (Wildman–Crippen LogP) is 2.39. The Morgan fingerprint density at radius 3 is 2.29 bits per heavy atom. The Hall–Kier alpha value is -2.27. The van der Waals surface area contributed by atoms with Crippen LogP contribution in [0.3, 0.4) is 0 Å². The van der Waals surface area contributed by atoms with Crippen molar-refractivity contribution in [3.63, 3.8) is 0 Å². The Kier molecular flexibility index (Phi) is 4.65. The number of primary amides is 1. The number of para-hydroxylation sites is 1. The summed E-state index contributed by atoms with van der Waals surface area (Å²) >= 11 is 1.30. The van der Waals surface area contributed by atoms with Gasteiger partial charge in [0.15, 0.2) is 5.78 Å². The molecule has 0 saturated heterocycles. The molecule has 0 aliphatic carbocycles. The third-order valence-electron chi connectivity index (χ3n) is 3.20. The van der Waals surface area contributed by atoms with Crippen molar-refractivity contribution in [3.05, 3.63) is 65.2 Å². The first-order valence-corrected chi connectivity index (χ1v) is 7.65. The fourth-order valence-corrected chi connectivity index (χ4v) is 2.84. The summed E-state index contributed by atoms with van der Waals surface area (Å²) in [5.74, 6) is -0.641. The third-order valence-corrected chi connectivity index (χ3v) is 4.15. The number of anilines is 1. The van der Waals surface area contributed by atoms with Gasteiger partial charge in [0.2, 0.25) is 5.91 Å². The molecule has 0 aliphatic rings. The number of thioether (sulfide) groups is 1. The van der Waals surface area contributed by atoms with E-state index in [1.54, 1.807) is 48.7 Å². The van der Waals surface area contributed by atoms with Crippen molar-refractivity contribution in [2.75, 3.05) is 12.0 Å². The van der Waals surface area contributed by atoms with E-state index in [0.29, 0.717) is 22.4 Å². The zero-order valence-electron chi connectivity index (χ0n) is 11.6. The molecule has 0 bridgehead atoms. The molecule has 0 spiro atoms. The van der Waals surface area contributed by atoms with Crippen molar-refractivity contribution >= 4 is 29.1 Å². The van der Waals surface area contributed by atoms with E-state index in [2.05, 4.69) is 0 Å². The summed E-state index contributed by atoms with van der Waals surface area (Å²) in [5.41, 5.74) is 13.3. The molecule has 2 aromatic rings. The average molecular weight is 300 g/mol. The molecule has 0 unspecified atom stereocenters. The lowest BCUT2D eigenvalue weighted by atomic mass is 9.97. The first kappa shape index (κ1) is 15.1. The van der Waals surface area contributed by atoms with Gasteiger partial charge in [-0.05, 0) is 17.9 Å². The first-order chi connectivity index (χ1) is 10.1. The quantitative estimate of drug-likeness (QED) is 0.655. The van der Waals surface area contributed by atoms with Crippen molar-refractivity contribution in [2.45, 2.75) is 5.25 Å². The number of nitrogen functional groups attached to an aromatic ring is 1. The van der Waals surface area contributed by atoms with Gasteiger partial charge in [0, 0.05) is 16.8 Å². The highest BCUT2D eigenvalue weighted by Crippen LogP contribution is 2.33. The molecular formula is C16H16N2O2S. The molecule has 2 aromatic carbocycles. The molecule has 4 nitrogen and oxygen atoms in total. The molecule has 5 heteroatoms. The van der Waals surface area contributed by atoms with Gasteiger partial charge in [0.25, 0.3) is 0 Å². The van der Waals surface area contributed by atoms with Crippen LogP contribution in [0.2, 0.25) is 0 Å². The van der Waals surface area contributed by atoms with Gasteiger partial charge in [-0.25, -0.2) is 0 Å². The zero-order valence-corrected chi connectivity index (χ0v) is 12.4. The van der Waals surface area contributed by atoms with Crippen LogP contribution in [0, 0.1) is 0 Å². The van der Waals surface area contributed by atoms with E-state index in [1.807, 2.05) is 6.07 Å². The Balaban J connectivity index is 2.47. The van der Waals surface area contributed by atoms with Gasteiger partial charge in [0.05, 0.1) is 0 Å². The molecule has 1 amide bonds. The zero-order chi connectivity index (χ0) is 15.4. The maximum Gasteiger partial charge on any atom is 0.235 e. The highest BCUT2D eigenvalue weighted by Gasteiger charge is 2.22. The average Bonchev–Trinajstić information content (AvgIpc) is 2.49. The molecular weight excluding hydrogens is 284 g/mol. The topological polar surface area (TPSA) is 86.2 Å². The van der Waals surface area contributed by atoms with Crippen molar-refractivity contribution < 1.29 is 9.59 Å². The van der Waals surface area contributed by atoms with E-state index in [9.17, 15) is 9.59 Å². The number of hydrogen-bond donors (Lipinski definition) is 2. The van der Waals surface area contributed by atoms with E-state index in [1.165, 1.54) is 11.8 Å². The molecule has 0 aliphatic heterocycles. The molecule has 1 atom stereocenters. The molecule has 0 heterocycles. The lowest BCUT2D eigenvalue weighted by Gasteiger charge is -2.15. The van der Waals surface area contributed by atoms with Crippen molar-refractivity contribution in [1.29, 1.82) is 0 Å². The summed E-state index contributed by atoms with van der Waals surface area (Å²) in [6.07, 6.45) is 1.78. The largest absolute Gasteiger partial charge is 0.398 e. The van der Waals surface area contributed by atoms with Gasteiger partial charge >= 0.3 is 0 Å². The van der Waals surface area contributed by atoms with Gasteiger partial charge in [0.1, 0.15) is 5.25 Å². The van der Waals surface area contributed by atoms with Crippen LogP contribution in [0.4, 0.5) is 5.69 Å². The van der Waals surface area contributed by atoms with Crippen LogP contribution < -0.4 is 11.5 Å². The SMILES string of the molecule is CS[C@@H](C(N)=O)c1cccc(C(=O)c2ccccc2)c1N. The van der Waals surface area contributed by atoms with Gasteiger partial charge in [-0.2, -0.15) is 0 Å². The molecule has 0 aromatic heterocycles. The number of carbonyl (C=O) groups excluding carboxylic acids is 2. The number of hydrogen-bond acceptors (Lipinski definition) is 4. The summed E-state index contributed by atoms with van der Waals surface area (Å²) < 4.78 is 0. The van der Waals surface area contributed by atoms with Crippen LogP contribution in [0.15, 0.2) is 48.5 Å². The molecule has 0 radical (unpaired) electrons. The van der Waals surface area contributed by atoms with Crippen LogP contribution >= 0.6 is 11.8 Å². The second kappa shape index (κ2) is 6.45. The van der Waals surface area contributed by atoms with Gasteiger partial charge in [-0.15, -0.1) is 11.8 Å². The normalized spacial score (nSPS) is 11.9. The maximum absolute atomic E-state index is 12.5. The summed E-state index contributed by atoms with van der Waals surface area (Å²) in [7, 11) is 0. The summed E-state index contributed by atoms with van der Waals surface area (Å²) in [4.78, 5) is 24.0. The molecule has 2 rings (SSSR count). The lowest BCUT2D eigenvalue weighted by Crippen LogP contribution is -2.20. The standard InChI is InChI=1S/C16H16N2O2S/c1-21-15(16(18)20)12-9-5-8-11(13(12)17)14(19)10-6-3-2-4-7-10/h2-9,15H,17H2,1H3,(H2,18,20)/t15-/m1/s1. The minimum Gasteiger partial charge on any atom is -0.398 e. The number of rotatable bonds is 5. The number of carbonyl (C=O) groups is 2. The van der Waals surface area contributed by atoms with Gasteiger partial charge < -0.3 is 11.5 Å². The van der Waals surface area contributed by atoms with Crippen molar-refractivity contribution in [2.24, 2.45) is 5.73 Å². The van der Waals surface area contributed by atoms with Crippen LogP contribution in [-0.4, -0.2) is 17.9 Å². The predicted molar refractivity (Wildman–Crippen MR) is 86.2 cm³/mol. The first-order valence-electron chi connectivity index (χ1n) is 6.36. The van der Waals surface area contributed by atoms with E-state index in [4.69, 9.17) is 11.5 Å². The van der Waals surface area contributed by atoms with Crippen LogP contribution in [-0.2, 0) is 4.79 Å². The molecule has 4 N–H and O–H groups in total. The van der Waals surface area contributed by atoms with E-state index in [-0.39, 0.29) is 5.78 Å². The summed E-state index contributed by atoms with van der Waals surface area (Å²) in [6, 6.07) is 14.0. The molecule has 0 saturated carbocycles. The van der Waals surface area contributed by atoms with Crippen molar-refractivity contribution in [1.82, 2.24) is 0 Å². The third kappa shape index (κ3) is 3.08. The maximum atomic E-state index is 12.5.